The molecule has 1 aliphatic heterocycles. The van der Waals surface area contributed by atoms with Crippen molar-refractivity contribution in [2.24, 2.45) is 5.92 Å². The van der Waals surface area contributed by atoms with E-state index in [-0.39, 0.29) is 11.8 Å². The number of carbonyl (C=O) groups excluding carboxylic acids is 1. The van der Waals surface area contributed by atoms with Gasteiger partial charge in [-0.05, 0) is 60.7 Å². The minimum Gasteiger partial charge on any atom is -0.379 e. The van der Waals surface area contributed by atoms with E-state index in [2.05, 4.69) is 5.32 Å². The van der Waals surface area contributed by atoms with Gasteiger partial charge in [-0.25, -0.2) is 0 Å². The van der Waals surface area contributed by atoms with Gasteiger partial charge in [-0.15, -0.1) is 0 Å². The van der Waals surface area contributed by atoms with Gasteiger partial charge in [0.15, 0.2) is 0 Å². The molecule has 1 amide bonds. The topological polar surface area (TPSA) is 55.8 Å². The first kappa shape index (κ1) is 29.6. The highest BCUT2D eigenvalue weighted by molar-refractivity contribution is 6.35. The number of halogens is 5. The summed E-state index contributed by atoms with van der Waals surface area (Å²) in [5, 5.41) is 14.1. The minimum absolute atomic E-state index is 0.00608. The Balaban J connectivity index is 1.75. The molecular weight excluding hydrogens is 526 g/mol. The molecule has 10 heteroatoms. The van der Waals surface area contributed by atoms with Crippen LogP contribution < -0.4 is 10.2 Å². The number of carbonyl (C=O) groups is 1. The second-order valence-corrected chi connectivity index (χ2v) is 10.4. The number of aliphatic hydroxyl groups is 1. The molecule has 1 aliphatic rings. The van der Waals surface area contributed by atoms with Gasteiger partial charge in [0.2, 0.25) is 5.91 Å². The summed E-state index contributed by atoms with van der Waals surface area (Å²) in [6.45, 7) is 7.40. The van der Waals surface area contributed by atoms with E-state index in [0.717, 1.165) is 18.1 Å². The average molecular weight is 560 g/mol. The molecule has 0 aromatic heterocycles. The molecule has 204 valence electrons. The third kappa shape index (κ3) is 7.76. The smallest absolute Gasteiger partial charge is 0.379 e. The summed E-state index contributed by atoms with van der Waals surface area (Å²) >= 11 is 12.2. The summed E-state index contributed by atoms with van der Waals surface area (Å²) in [6.07, 6.45) is -3.83. The minimum atomic E-state index is -4.48. The second-order valence-electron chi connectivity index (χ2n) is 9.58. The molecule has 0 aliphatic carbocycles. The number of alkyl halides is 3. The molecule has 2 aromatic carbocycles. The Hall–Kier alpha value is -2.00. The number of hydrogen-bond donors (Lipinski definition) is 2. The zero-order valence-electron chi connectivity index (χ0n) is 21.3. The number of amides is 1. The number of nitrogens with one attached hydrogen (secondary N) is 1. The SMILES string of the molecule is CCC(C)C(NC(C)O)c1cc(C(F)(F)F)ccc1N1CCN(C(=O)CCc2ccc(Cl)cc2Cl)CC1. The third-order valence-electron chi connectivity index (χ3n) is 6.92. The molecule has 5 nitrogen and oxygen atoms in total. The van der Waals surface area contributed by atoms with E-state index in [9.17, 15) is 23.1 Å². The number of anilines is 1. The molecular formula is C27H34Cl2F3N3O2. The van der Waals surface area contributed by atoms with Crippen LogP contribution in [0.5, 0.6) is 0 Å². The molecule has 0 saturated carbocycles. The summed E-state index contributed by atoms with van der Waals surface area (Å²) < 4.78 is 40.8. The lowest BCUT2D eigenvalue weighted by Crippen LogP contribution is -2.49. The Morgan fingerprint density at radius 2 is 1.76 bits per heavy atom. The Morgan fingerprint density at radius 3 is 2.32 bits per heavy atom. The van der Waals surface area contributed by atoms with Gasteiger partial charge in [-0.3, -0.25) is 10.1 Å². The number of aryl methyl sites for hydroxylation is 1. The van der Waals surface area contributed by atoms with E-state index in [4.69, 9.17) is 23.2 Å². The molecule has 0 spiro atoms. The number of nitrogens with zero attached hydrogens (tertiary/aromatic N) is 2. The van der Waals surface area contributed by atoms with Crippen LogP contribution in [0.2, 0.25) is 10.0 Å². The Morgan fingerprint density at radius 1 is 1.08 bits per heavy atom. The summed E-state index contributed by atoms with van der Waals surface area (Å²) in [6, 6.07) is 8.55. The Bertz CT molecular complexity index is 1070. The number of rotatable bonds is 9. The van der Waals surface area contributed by atoms with Gasteiger partial charge in [0.05, 0.1) is 5.56 Å². The van der Waals surface area contributed by atoms with Crippen LogP contribution in [0, 0.1) is 5.92 Å². The van der Waals surface area contributed by atoms with E-state index < -0.39 is 24.0 Å². The van der Waals surface area contributed by atoms with Crippen molar-refractivity contribution in [3.05, 3.63) is 63.1 Å². The highest BCUT2D eigenvalue weighted by Crippen LogP contribution is 2.38. The molecule has 2 N–H and O–H groups in total. The normalized spacial score (nSPS) is 17.0. The fourth-order valence-corrected chi connectivity index (χ4v) is 5.15. The predicted octanol–water partition coefficient (Wildman–Crippen LogP) is 6.31. The van der Waals surface area contributed by atoms with Gasteiger partial charge < -0.3 is 14.9 Å². The standard InChI is InChI=1S/C27H34Cl2F3N3O2/c1-4-17(2)26(33-18(3)36)22-15-20(27(30,31)32)7-9-24(22)34-11-13-35(14-12-34)25(37)10-6-19-5-8-21(28)16-23(19)29/h5,7-9,15-18,26,33,36H,4,6,10-14H2,1-3H3. The van der Waals surface area contributed by atoms with Gasteiger partial charge in [0, 0.05) is 54.4 Å². The van der Waals surface area contributed by atoms with Crippen LogP contribution in [-0.4, -0.2) is 48.3 Å². The van der Waals surface area contributed by atoms with Crippen molar-refractivity contribution in [1.29, 1.82) is 0 Å². The van der Waals surface area contributed by atoms with Crippen molar-refractivity contribution in [1.82, 2.24) is 10.2 Å². The first-order valence-corrected chi connectivity index (χ1v) is 13.3. The lowest BCUT2D eigenvalue weighted by Gasteiger charge is -2.39. The van der Waals surface area contributed by atoms with E-state index >= 15 is 0 Å². The number of benzene rings is 2. The molecule has 1 fully saturated rings. The highest BCUT2D eigenvalue weighted by atomic mass is 35.5. The van der Waals surface area contributed by atoms with Gasteiger partial charge >= 0.3 is 6.18 Å². The first-order chi connectivity index (χ1) is 17.4. The lowest BCUT2D eigenvalue weighted by molar-refractivity contribution is -0.137. The molecule has 3 rings (SSSR count). The summed E-state index contributed by atoms with van der Waals surface area (Å²) in [7, 11) is 0. The maximum atomic E-state index is 13.6. The summed E-state index contributed by atoms with van der Waals surface area (Å²) in [4.78, 5) is 16.7. The average Bonchev–Trinajstić information content (AvgIpc) is 2.85. The van der Waals surface area contributed by atoms with E-state index in [1.54, 1.807) is 24.0 Å². The maximum absolute atomic E-state index is 13.6. The van der Waals surface area contributed by atoms with E-state index in [0.29, 0.717) is 60.3 Å². The highest BCUT2D eigenvalue weighted by Gasteiger charge is 2.34. The molecule has 1 saturated heterocycles. The fraction of sp³-hybridized carbons (Fsp3) is 0.519. The number of hydrogen-bond acceptors (Lipinski definition) is 4. The van der Waals surface area contributed by atoms with Gasteiger partial charge in [-0.1, -0.05) is 49.5 Å². The van der Waals surface area contributed by atoms with Crippen LogP contribution in [-0.2, 0) is 17.4 Å². The van der Waals surface area contributed by atoms with E-state index in [1.165, 1.54) is 12.1 Å². The maximum Gasteiger partial charge on any atom is 0.416 e. The van der Waals surface area contributed by atoms with Crippen LogP contribution in [0.1, 0.15) is 56.3 Å². The monoisotopic (exact) mass is 559 g/mol. The number of piperazine rings is 1. The van der Waals surface area contributed by atoms with Gasteiger partial charge in [-0.2, -0.15) is 13.2 Å². The number of aliphatic hydroxyl groups excluding tert-OH is 1. The van der Waals surface area contributed by atoms with Gasteiger partial charge in [0.1, 0.15) is 6.23 Å². The predicted molar refractivity (Wildman–Crippen MR) is 142 cm³/mol. The van der Waals surface area contributed by atoms with Crippen LogP contribution in [0.25, 0.3) is 0 Å². The molecule has 3 atom stereocenters. The Labute approximate surface area is 226 Å². The molecule has 0 radical (unpaired) electrons. The summed E-state index contributed by atoms with van der Waals surface area (Å²) in [5.74, 6) is -0.00837. The third-order valence-corrected chi connectivity index (χ3v) is 7.51. The van der Waals surface area contributed by atoms with Gasteiger partial charge in [0.25, 0.3) is 0 Å². The summed E-state index contributed by atoms with van der Waals surface area (Å²) in [5.41, 5.74) is 1.32. The van der Waals surface area contributed by atoms with Crippen LogP contribution in [0.15, 0.2) is 36.4 Å². The largest absolute Gasteiger partial charge is 0.416 e. The first-order valence-electron chi connectivity index (χ1n) is 12.5. The Kier molecular flexibility index (Phi) is 10.1. The lowest BCUT2D eigenvalue weighted by atomic mass is 9.89. The molecule has 1 heterocycles. The zero-order chi connectivity index (χ0) is 27.3. The fourth-order valence-electron chi connectivity index (χ4n) is 4.64. The molecule has 3 unspecified atom stereocenters. The molecule has 2 aromatic rings. The van der Waals surface area contributed by atoms with Crippen molar-refractivity contribution in [3.8, 4) is 0 Å². The van der Waals surface area contributed by atoms with Crippen molar-refractivity contribution in [2.75, 3.05) is 31.1 Å². The zero-order valence-corrected chi connectivity index (χ0v) is 22.8. The van der Waals surface area contributed by atoms with Crippen molar-refractivity contribution < 1.29 is 23.1 Å². The van der Waals surface area contributed by atoms with Crippen LogP contribution in [0.4, 0.5) is 18.9 Å². The van der Waals surface area contributed by atoms with Crippen LogP contribution >= 0.6 is 23.2 Å². The quantitative estimate of drug-likeness (QED) is 0.353. The van der Waals surface area contributed by atoms with Crippen LogP contribution in [0.3, 0.4) is 0 Å². The van der Waals surface area contributed by atoms with Crippen molar-refractivity contribution in [2.45, 2.75) is 58.5 Å². The second kappa shape index (κ2) is 12.7. The van der Waals surface area contributed by atoms with Crippen molar-refractivity contribution >= 4 is 34.8 Å². The van der Waals surface area contributed by atoms with Crippen molar-refractivity contribution in [3.63, 3.8) is 0 Å². The van der Waals surface area contributed by atoms with E-state index in [1.807, 2.05) is 24.8 Å². The molecule has 37 heavy (non-hydrogen) atoms. The molecule has 0 bridgehead atoms.